The monoisotopic (exact) mass is 200 g/mol. The fourth-order valence-corrected chi connectivity index (χ4v) is 3.45. The maximum absolute atomic E-state index is 2.68. The SMILES string of the molecule is CCCN1CCN2CCSCC2C1. The van der Waals surface area contributed by atoms with E-state index in [1.807, 2.05) is 0 Å². The van der Waals surface area contributed by atoms with Gasteiger partial charge in [-0.15, -0.1) is 0 Å². The Bertz CT molecular complexity index is 163. The van der Waals surface area contributed by atoms with Gasteiger partial charge in [-0.1, -0.05) is 6.92 Å². The van der Waals surface area contributed by atoms with Crippen LogP contribution in [0.2, 0.25) is 0 Å². The second-order valence-electron chi connectivity index (χ2n) is 4.07. The largest absolute Gasteiger partial charge is 0.300 e. The molecule has 0 bridgehead atoms. The molecular formula is C10H20N2S. The molecule has 1 atom stereocenters. The molecule has 0 aliphatic carbocycles. The van der Waals surface area contributed by atoms with Crippen LogP contribution in [0.1, 0.15) is 13.3 Å². The van der Waals surface area contributed by atoms with Gasteiger partial charge in [0.05, 0.1) is 0 Å². The van der Waals surface area contributed by atoms with E-state index in [9.17, 15) is 0 Å². The molecule has 2 nitrogen and oxygen atoms in total. The Kier molecular flexibility index (Phi) is 3.52. The summed E-state index contributed by atoms with van der Waals surface area (Å²) in [6.45, 7) is 8.84. The van der Waals surface area contributed by atoms with Crippen molar-refractivity contribution >= 4 is 11.8 Å². The molecular weight excluding hydrogens is 180 g/mol. The van der Waals surface area contributed by atoms with E-state index in [0.29, 0.717) is 0 Å². The number of fused-ring (bicyclic) bond motifs is 1. The van der Waals surface area contributed by atoms with Gasteiger partial charge in [0.25, 0.3) is 0 Å². The summed E-state index contributed by atoms with van der Waals surface area (Å²) in [5, 5.41) is 0. The normalized spacial score (nSPS) is 31.6. The number of nitrogens with zero attached hydrogens (tertiary/aromatic N) is 2. The van der Waals surface area contributed by atoms with E-state index < -0.39 is 0 Å². The molecule has 76 valence electrons. The summed E-state index contributed by atoms with van der Waals surface area (Å²) in [5.41, 5.74) is 0. The van der Waals surface area contributed by atoms with E-state index in [1.54, 1.807) is 0 Å². The molecule has 2 rings (SSSR count). The smallest absolute Gasteiger partial charge is 0.0314 e. The zero-order valence-electron chi connectivity index (χ0n) is 8.54. The Hall–Kier alpha value is 0.270. The lowest BCUT2D eigenvalue weighted by molar-refractivity contribution is 0.0882. The standard InChI is InChI=1S/C10H20N2S/c1-2-3-11-4-5-12-6-7-13-9-10(12)8-11/h10H,2-9H2,1H3. The molecule has 0 spiro atoms. The van der Waals surface area contributed by atoms with Crippen molar-refractivity contribution in [2.45, 2.75) is 19.4 Å². The molecule has 0 radical (unpaired) electrons. The number of piperazine rings is 1. The quantitative estimate of drug-likeness (QED) is 0.660. The topological polar surface area (TPSA) is 6.48 Å². The molecule has 3 heteroatoms. The fourth-order valence-electron chi connectivity index (χ4n) is 2.33. The first-order valence-electron chi connectivity index (χ1n) is 5.44. The minimum Gasteiger partial charge on any atom is -0.300 e. The van der Waals surface area contributed by atoms with E-state index in [-0.39, 0.29) is 0 Å². The molecule has 1 unspecified atom stereocenters. The number of thioether (sulfide) groups is 1. The van der Waals surface area contributed by atoms with Crippen LogP contribution in [0.4, 0.5) is 0 Å². The van der Waals surface area contributed by atoms with Crippen LogP contribution >= 0.6 is 11.8 Å². The maximum atomic E-state index is 2.68. The summed E-state index contributed by atoms with van der Waals surface area (Å²) in [6, 6.07) is 0.860. The van der Waals surface area contributed by atoms with Gasteiger partial charge in [0.2, 0.25) is 0 Å². The predicted octanol–water partition coefficient (Wildman–Crippen LogP) is 1.13. The van der Waals surface area contributed by atoms with Crippen LogP contribution in [0.15, 0.2) is 0 Å². The van der Waals surface area contributed by atoms with Crippen molar-refractivity contribution < 1.29 is 0 Å². The van der Waals surface area contributed by atoms with E-state index in [2.05, 4.69) is 28.5 Å². The molecule has 2 heterocycles. The van der Waals surface area contributed by atoms with E-state index in [4.69, 9.17) is 0 Å². The molecule has 0 aromatic carbocycles. The minimum absolute atomic E-state index is 0.860. The van der Waals surface area contributed by atoms with Crippen LogP contribution in [0.3, 0.4) is 0 Å². The summed E-state index contributed by atoms with van der Waals surface area (Å²) in [7, 11) is 0. The molecule has 0 N–H and O–H groups in total. The van der Waals surface area contributed by atoms with Crippen LogP contribution in [-0.4, -0.2) is 60.1 Å². The van der Waals surface area contributed by atoms with Gasteiger partial charge in [-0.3, -0.25) is 4.90 Å². The predicted molar refractivity (Wildman–Crippen MR) is 59.4 cm³/mol. The summed E-state index contributed by atoms with van der Waals surface area (Å²) in [6.07, 6.45) is 1.31. The molecule has 2 saturated heterocycles. The Morgan fingerprint density at radius 1 is 1.31 bits per heavy atom. The zero-order chi connectivity index (χ0) is 9.10. The van der Waals surface area contributed by atoms with Gasteiger partial charge in [-0.05, 0) is 13.0 Å². The average Bonchev–Trinajstić information content (AvgIpc) is 2.18. The molecule has 2 aliphatic heterocycles. The van der Waals surface area contributed by atoms with Crippen LogP contribution in [-0.2, 0) is 0 Å². The average molecular weight is 200 g/mol. The van der Waals surface area contributed by atoms with Crippen LogP contribution in [0.5, 0.6) is 0 Å². The first kappa shape index (κ1) is 9.81. The van der Waals surface area contributed by atoms with Crippen molar-refractivity contribution in [2.24, 2.45) is 0 Å². The van der Waals surface area contributed by atoms with Crippen molar-refractivity contribution in [2.75, 3.05) is 44.2 Å². The second-order valence-corrected chi connectivity index (χ2v) is 5.22. The van der Waals surface area contributed by atoms with E-state index in [1.165, 1.54) is 50.7 Å². The third-order valence-electron chi connectivity index (χ3n) is 3.06. The third kappa shape index (κ3) is 2.39. The Morgan fingerprint density at radius 2 is 2.23 bits per heavy atom. The van der Waals surface area contributed by atoms with Crippen molar-refractivity contribution in [3.05, 3.63) is 0 Å². The summed E-state index contributed by atoms with van der Waals surface area (Å²) < 4.78 is 0. The Labute approximate surface area is 85.7 Å². The Balaban J connectivity index is 1.84. The molecule has 0 aromatic rings. The van der Waals surface area contributed by atoms with Gasteiger partial charge >= 0.3 is 0 Å². The third-order valence-corrected chi connectivity index (χ3v) is 4.15. The van der Waals surface area contributed by atoms with Crippen LogP contribution < -0.4 is 0 Å². The number of rotatable bonds is 2. The van der Waals surface area contributed by atoms with Crippen molar-refractivity contribution in [3.63, 3.8) is 0 Å². The van der Waals surface area contributed by atoms with E-state index >= 15 is 0 Å². The first-order valence-corrected chi connectivity index (χ1v) is 6.59. The highest BCUT2D eigenvalue weighted by atomic mass is 32.2. The highest BCUT2D eigenvalue weighted by Crippen LogP contribution is 2.20. The van der Waals surface area contributed by atoms with Crippen LogP contribution in [0.25, 0.3) is 0 Å². The fraction of sp³-hybridized carbons (Fsp3) is 1.00. The van der Waals surface area contributed by atoms with Gasteiger partial charge in [-0.2, -0.15) is 11.8 Å². The Morgan fingerprint density at radius 3 is 3.08 bits per heavy atom. The molecule has 0 aromatic heterocycles. The molecule has 2 fully saturated rings. The summed E-state index contributed by atoms with van der Waals surface area (Å²) >= 11 is 2.13. The van der Waals surface area contributed by atoms with Crippen molar-refractivity contribution in [1.82, 2.24) is 9.80 Å². The van der Waals surface area contributed by atoms with Gasteiger partial charge < -0.3 is 4.90 Å². The lowest BCUT2D eigenvalue weighted by atomic mass is 10.2. The van der Waals surface area contributed by atoms with Gasteiger partial charge in [0.15, 0.2) is 0 Å². The molecule has 2 aliphatic rings. The van der Waals surface area contributed by atoms with Gasteiger partial charge in [0, 0.05) is 43.7 Å². The van der Waals surface area contributed by atoms with E-state index in [0.717, 1.165) is 6.04 Å². The van der Waals surface area contributed by atoms with Gasteiger partial charge in [-0.25, -0.2) is 0 Å². The summed E-state index contributed by atoms with van der Waals surface area (Å²) in [5.74, 6) is 2.71. The molecule has 13 heavy (non-hydrogen) atoms. The molecule has 0 amide bonds. The number of hydrogen-bond acceptors (Lipinski definition) is 3. The van der Waals surface area contributed by atoms with Crippen molar-refractivity contribution in [3.8, 4) is 0 Å². The molecule has 0 saturated carbocycles. The van der Waals surface area contributed by atoms with Crippen molar-refractivity contribution in [1.29, 1.82) is 0 Å². The minimum atomic E-state index is 0.860. The maximum Gasteiger partial charge on any atom is 0.0314 e. The highest BCUT2D eigenvalue weighted by Gasteiger charge is 2.28. The van der Waals surface area contributed by atoms with Gasteiger partial charge in [0.1, 0.15) is 0 Å². The highest BCUT2D eigenvalue weighted by molar-refractivity contribution is 7.99. The zero-order valence-corrected chi connectivity index (χ0v) is 9.35. The van der Waals surface area contributed by atoms with Crippen LogP contribution in [0, 0.1) is 0 Å². The lowest BCUT2D eigenvalue weighted by Gasteiger charge is -2.43. The second kappa shape index (κ2) is 4.67. The summed E-state index contributed by atoms with van der Waals surface area (Å²) in [4.78, 5) is 5.32. The number of hydrogen-bond donors (Lipinski definition) is 0. The lowest BCUT2D eigenvalue weighted by Crippen LogP contribution is -2.56. The first-order chi connectivity index (χ1) is 6.40.